The largest absolute Gasteiger partial charge is 0.448 e. The second-order valence-corrected chi connectivity index (χ2v) is 3.77. The van der Waals surface area contributed by atoms with Crippen molar-refractivity contribution in [1.29, 1.82) is 0 Å². The van der Waals surface area contributed by atoms with Crippen LogP contribution in [0.3, 0.4) is 0 Å². The zero-order chi connectivity index (χ0) is 10.4. The molecule has 1 N–H and O–H groups in total. The van der Waals surface area contributed by atoms with Crippen LogP contribution >= 0.6 is 11.6 Å². The van der Waals surface area contributed by atoms with Gasteiger partial charge in [-0.25, -0.2) is 0 Å². The van der Waals surface area contributed by atoms with Crippen molar-refractivity contribution in [2.45, 2.75) is 39.2 Å². The third-order valence-electron chi connectivity index (χ3n) is 2.23. The van der Waals surface area contributed by atoms with Crippen molar-refractivity contribution in [3.05, 3.63) is 23.1 Å². The van der Waals surface area contributed by atoms with Crippen LogP contribution in [0, 0.1) is 0 Å². The van der Waals surface area contributed by atoms with Crippen LogP contribution in [0.5, 0.6) is 0 Å². The van der Waals surface area contributed by atoms with Gasteiger partial charge < -0.3 is 9.73 Å². The summed E-state index contributed by atoms with van der Waals surface area (Å²) in [6, 6.07) is 4.06. The average molecular weight is 216 g/mol. The first-order valence-corrected chi connectivity index (χ1v) is 5.64. The molecule has 0 saturated heterocycles. The molecule has 0 fully saturated rings. The maximum Gasteiger partial charge on any atom is 0.193 e. The summed E-state index contributed by atoms with van der Waals surface area (Å²) in [5.41, 5.74) is 0. The number of nitrogens with one attached hydrogen (secondary N) is 1. The number of hydrogen-bond donors (Lipinski definition) is 1. The first-order chi connectivity index (χ1) is 6.77. The number of hydrogen-bond acceptors (Lipinski definition) is 2. The van der Waals surface area contributed by atoms with E-state index in [1.54, 1.807) is 6.07 Å². The van der Waals surface area contributed by atoms with Crippen molar-refractivity contribution in [2.75, 3.05) is 6.54 Å². The molecule has 3 heteroatoms. The van der Waals surface area contributed by atoms with E-state index in [9.17, 15) is 0 Å². The molecule has 1 atom stereocenters. The summed E-state index contributed by atoms with van der Waals surface area (Å²) in [6.45, 7) is 5.24. The summed E-state index contributed by atoms with van der Waals surface area (Å²) in [6.07, 6.45) is 3.51. The lowest BCUT2D eigenvalue weighted by atomic mass is 10.1. The molecule has 80 valence electrons. The van der Waals surface area contributed by atoms with Crippen molar-refractivity contribution in [2.24, 2.45) is 0 Å². The molecule has 0 bridgehead atoms. The second kappa shape index (κ2) is 6.10. The Kier molecular flexibility index (Phi) is 5.05. The Labute approximate surface area is 90.6 Å². The molecule has 0 radical (unpaired) electrons. The third kappa shape index (κ3) is 3.35. The topological polar surface area (TPSA) is 25.2 Å². The van der Waals surface area contributed by atoms with E-state index in [1.807, 2.05) is 6.07 Å². The summed E-state index contributed by atoms with van der Waals surface area (Å²) in [5.74, 6) is 0.949. The summed E-state index contributed by atoms with van der Waals surface area (Å²) >= 11 is 5.74. The monoisotopic (exact) mass is 215 g/mol. The van der Waals surface area contributed by atoms with Gasteiger partial charge in [0.25, 0.3) is 0 Å². The van der Waals surface area contributed by atoms with Crippen LogP contribution < -0.4 is 5.32 Å². The summed E-state index contributed by atoms with van der Waals surface area (Å²) in [4.78, 5) is 0. The van der Waals surface area contributed by atoms with Gasteiger partial charge in [0.05, 0.1) is 6.04 Å². The molecule has 0 aliphatic heterocycles. The lowest BCUT2D eigenvalue weighted by Gasteiger charge is -2.14. The predicted molar refractivity (Wildman–Crippen MR) is 59.7 cm³/mol. The maximum atomic E-state index is 5.74. The number of furan rings is 1. The standard InChI is InChI=1S/C11H18ClNO/c1-3-5-6-9(13-4-2)10-7-8-11(12)14-10/h7-9,13H,3-6H2,1-2H3. The quantitative estimate of drug-likeness (QED) is 0.782. The highest BCUT2D eigenvalue weighted by atomic mass is 35.5. The van der Waals surface area contributed by atoms with E-state index in [-0.39, 0.29) is 0 Å². The molecule has 1 aromatic rings. The SMILES string of the molecule is CCCCC(NCC)c1ccc(Cl)o1. The predicted octanol–water partition coefficient (Wildman–Crippen LogP) is 3.77. The van der Waals surface area contributed by atoms with Crippen molar-refractivity contribution in [3.8, 4) is 0 Å². The van der Waals surface area contributed by atoms with Gasteiger partial charge >= 0.3 is 0 Å². The molecule has 2 nitrogen and oxygen atoms in total. The van der Waals surface area contributed by atoms with E-state index in [4.69, 9.17) is 16.0 Å². The van der Waals surface area contributed by atoms with Crippen molar-refractivity contribution >= 4 is 11.6 Å². The van der Waals surface area contributed by atoms with Crippen LogP contribution in [-0.2, 0) is 0 Å². The Bertz CT molecular complexity index is 260. The smallest absolute Gasteiger partial charge is 0.193 e. The fraction of sp³-hybridized carbons (Fsp3) is 0.636. The molecule has 0 aromatic carbocycles. The molecule has 1 rings (SSSR count). The highest BCUT2D eigenvalue weighted by Gasteiger charge is 2.13. The number of halogens is 1. The highest BCUT2D eigenvalue weighted by Crippen LogP contribution is 2.23. The molecule has 0 aliphatic carbocycles. The third-order valence-corrected chi connectivity index (χ3v) is 2.44. The van der Waals surface area contributed by atoms with Gasteiger partial charge in [0.2, 0.25) is 0 Å². The molecule has 1 heterocycles. The van der Waals surface area contributed by atoms with E-state index in [0.717, 1.165) is 18.7 Å². The van der Waals surface area contributed by atoms with Crippen LogP contribution in [-0.4, -0.2) is 6.54 Å². The van der Waals surface area contributed by atoms with Crippen LogP contribution in [0.15, 0.2) is 16.5 Å². The molecule has 0 saturated carbocycles. The highest BCUT2D eigenvalue weighted by molar-refractivity contribution is 6.28. The molecule has 1 aromatic heterocycles. The molecule has 0 aliphatic rings. The van der Waals surface area contributed by atoms with Crippen molar-refractivity contribution in [3.63, 3.8) is 0 Å². The second-order valence-electron chi connectivity index (χ2n) is 3.39. The molecular formula is C11H18ClNO. The zero-order valence-electron chi connectivity index (χ0n) is 8.85. The lowest BCUT2D eigenvalue weighted by Crippen LogP contribution is -2.20. The Morgan fingerprint density at radius 3 is 2.71 bits per heavy atom. The number of unbranched alkanes of at least 4 members (excludes halogenated alkanes) is 1. The number of rotatable bonds is 6. The Balaban J connectivity index is 2.57. The molecule has 0 amide bonds. The summed E-state index contributed by atoms with van der Waals surface area (Å²) < 4.78 is 5.40. The minimum Gasteiger partial charge on any atom is -0.448 e. The van der Waals surface area contributed by atoms with Crippen LogP contribution in [0.1, 0.15) is 44.9 Å². The van der Waals surface area contributed by atoms with Gasteiger partial charge in [-0.2, -0.15) is 0 Å². The Hall–Kier alpha value is -0.470. The molecule has 0 spiro atoms. The van der Waals surface area contributed by atoms with E-state index < -0.39 is 0 Å². The fourth-order valence-corrected chi connectivity index (χ4v) is 1.67. The average Bonchev–Trinajstić information content (AvgIpc) is 2.59. The first kappa shape index (κ1) is 11.6. The fourth-order valence-electron chi connectivity index (χ4n) is 1.52. The Morgan fingerprint density at radius 1 is 1.43 bits per heavy atom. The van der Waals surface area contributed by atoms with Crippen LogP contribution in [0.2, 0.25) is 5.22 Å². The van der Waals surface area contributed by atoms with Gasteiger partial charge in [-0.3, -0.25) is 0 Å². The minimum atomic E-state index is 0.312. The van der Waals surface area contributed by atoms with E-state index in [0.29, 0.717) is 11.3 Å². The van der Waals surface area contributed by atoms with Gasteiger partial charge in [0.15, 0.2) is 5.22 Å². The van der Waals surface area contributed by atoms with Gasteiger partial charge in [-0.05, 0) is 36.7 Å². The molecule has 14 heavy (non-hydrogen) atoms. The van der Waals surface area contributed by atoms with E-state index in [2.05, 4.69) is 19.2 Å². The van der Waals surface area contributed by atoms with Gasteiger partial charge in [0, 0.05) is 0 Å². The first-order valence-electron chi connectivity index (χ1n) is 5.26. The van der Waals surface area contributed by atoms with Gasteiger partial charge in [-0.15, -0.1) is 0 Å². The normalized spacial score (nSPS) is 13.1. The zero-order valence-corrected chi connectivity index (χ0v) is 9.60. The van der Waals surface area contributed by atoms with E-state index in [1.165, 1.54) is 12.8 Å². The Morgan fingerprint density at radius 2 is 2.21 bits per heavy atom. The van der Waals surface area contributed by atoms with Gasteiger partial charge in [0.1, 0.15) is 5.76 Å². The lowest BCUT2D eigenvalue weighted by molar-refractivity contribution is 0.394. The minimum absolute atomic E-state index is 0.312. The van der Waals surface area contributed by atoms with Gasteiger partial charge in [-0.1, -0.05) is 26.7 Å². The molecule has 1 unspecified atom stereocenters. The van der Waals surface area contributed by atoms with Crippen molar-refractivity contribution < 1.29 is 4.42 Å². The van der Waals surface area contributed by atoms with E-state index >= 15 is 0 Å². The summed E-state index contributed by atoms with van der Waals surface area (Å²) in [5, 5.41) is 3.87. The molecular weight excluding hydrogens is 198 g/mol. The van der Waals surface area contributed by atoms with Crippen LogP contribution in [0.4, 0.5) is 0 Å². The summed E-state index contributed by atoms with van der Waals surface area (Å²) in [7, 11) is 0. The van der Waals surface area contributed by atoms with Crippen LogP contribution in [0.25, 0.3) is 0 Å². The van der Waals surface area contributed by atoms with Crippen molar-refractivity contribution in [1.82, 2.24) is 5.32 Å². The maximum absolute atomic E-state index is 5.74.